The van der Waals surface area contributed by atoms with Crippen molar-refractivity contribution in [3.8, 4) is 0 Å². The highest BCUT2D eigenvalue weighted by molar-refractivity contribution is 5.90. The molecule has 2 aliphatic heterocycles. The number of hydrogen-bond acceptors (Lipinski definition) is 3. The van der Waals surface area contributed by atoms with Crippen LogP contribution in [0.5, 0.6) is 0 Å². The first-order valence-electron chi connectivity index (χ1n) is 10.7. The number of ketones is 1. The quantitative estimate of drug-likeness (QED) is 0.751. The third kappa shape index (κ3) is 4.90. The molecule has 1 fully saturated rings. The molecule has 1 spiro atoms. The van der Waals surface area contributed by atoms with Crippen LogP contribution in [0.2, 0.25) is 0 Å². The van der Waals surface area contributed by atoms with Crippen LogP contribution in [0.4, 0.5) is 4.79 Å². The Morgan fingerprint density at radius 3 is 2.77 bits per heavy atom. The SMILES string of the molecule is CC1=C\C=C(/C)OC2(CCC(=O)\C=C\1)CN(C(=O)NCc1ccc3[nH]c(C)cc3c1)C2. The molecule has 2 N–H and O–H groups in total. The van der Waals surface area contributed by atoms with Crippen LogP contribution in [0.1, 0.15) is 37.9 Å². The largest absolute Gasteiger partial charge is 0.488 e. The molecule has 2 aliphatic rings. The second kappa shape index (κ2) is 8.46. The van der Waals surface area contributed by atoms with Crippen LogP contribution in [-0.2, 0) is 16.1 Å². The Labute approximate surface area is 182 Å². The number of fused-ring (bicyclic) bond motifs is 1. The molecule has 6 nitrogen and oxygen atoms in total. The van der Waals surface area contributed by atoms with Crippen LogP contribution in [0.15, 0.2) is 59.9 Å². The number of urea groups is 1. The molecule has 31 heavy (non-hydrogen) atoms. The third-order valence-electron chi connectivity index (χ3n) is 5.83. The number of allylic oxidation sites excluding steroid dienone is 6. The van der Waals surface area contributed by atoms with Gasteiger partial charge in [0, 0.05) is 24.2 Å². The number of carbonyl (C=O) groups is 2. The average Bonchev–Trinajstić information content (AvgIpc) is 3.08. The van der Waals surface area contributed by atoms with E-state index in [-0.39, 0.29) is 11.8 Å². The van der Waals surface area contributed by atoms with Gasteiger partial charge in [0.2, 0.25) is 0 Å². The fourth-order valence-electron chi connectivity index (χ4n) is 4.13. The molecule has 2 amide bonds. The number of aromatic amines is 1. The summed E-state index contributed by atoms with van der Waals surface area (Å²) in [6.07, 6.45) is 8.30. The van der Waals surface area contributed by atoms with E-state index in [4.69, 9.17) is 4.74 Å². The predicted octanol–water partition coefficient (Wildman–Crippen LogP) is 4.53. The number of nitrogens with one attached hydrogen (secondary N) is 2. The monoisotopic (exact) mass is 419 g/mol. The minimum Gasteiger partial charge on any atom is -0.488 e. The van der Waals surface area contributed by atoms with Crippen LogP contribution in [0.3, 0.4) is 0 Å². The Morgan fingerprint density at radius 1 is 1.16 bits per heavy atom. The minimum absolute atomic E-state index is 0.0774. The van der Waals surface area contributed by atoms with Gasteiger partial charge in [0.15, 0.2) is 5.78 Å². The maximum Gasteiger partial charge on any atom is 0.317 e. The number of amides is 2. The van der Waals surface area contributed by atoms with Crippen molar-refractivity contribution < 1.29 is 14.3 Å². The zero-order chi connectivity index (χ0) is 22.0. The molecular weight excluding hydrogens is 390 g/mol. The lowest BCUT2D eigenvalue weighted by molar-refractivity contribution is -0.122. The number of rotatable bonds is 2. The molecule has 0 saturated carbocycles. The lowest BCUT2D eigenvalue weighted by Crippen LogP contribution is -2.66. The summed E-state index contributed by atoms with van der Waals surface area (Å²) < 4.78 is 6.21. The molecule has 3 heterocycles. The number of carbonyl (C=O) groups excluding carboxylic acids is 2. The molecule has 0 aliphatic carbocycles. The van der Waals surface area contributed by atoms with Gasteiger partial charge < -0.3 is 19.9 Å². The number of aromatic nitrogens is 1. The molecule has 4 rings (SSSR count). The van der Waals surface area contributed by atoms with Gasteiger partial charge in [0.1, 0.15) is 5.60 Å². The smallest absolute Gasteiger partial charge is 0.317 e. The highest BCUT2D eigenvalue weighted by atomic mass is 16.5. The summed E-state index contributed by atoms with van der Waals surface area (Å²) in [5.41, 5.74) is 3.76. The van der Waals surface area contributed by atoms with E-state index in [0.29, 0.717) is 32.5 Å². The topological polar surface area (TPSA) is 74.4 Å². The van der Waals surface area contributed by atoms with E-state index in [1.165, 1.54) is 0 Å². The maximum absolute atomic E-state index is 12.7. The van der Waals surface area contributed by atoms with Crippen molar-refractivity contribution >= 4 is 22.7 Å². The maximum atomic E-state index is 12.7. The van der Waals surface area contributed by atoms with Crippen molar-refractivity contribution in [2.24, 2.45) is 0 Å². The Bertz CT molecular complexity index is 1100. The van der Waals surface area contributed by atoms with Crippen molar-refractivity contribution in [1.82, 2.24) is 15.2 Å². The first-order chi connectivity index (χ1) is 14.8. The van der Waals surface area contributed by atoms with E-state index in [9.17, 15) is 9.59 Å². The molecule has 0 radical (unpaired) electrons. The van der Waals surface area contributed by atoms with E-state index in [1.807, 2.05) is 51.1 Å². The Hall–Kier alpha value is -3.28. The third-order valence-corrected chi connectivity index (χ3v) is 5.83. The highest BCUT2D eigenvalue weighted by Crippen LogP contribution is 2.33. The Kier molecular flexibility index (Phi) is 5.72. The number of aryl methyl sites for hydroxylation is 1. The zero-order valence-electron chi connectivity index (χ0n) is 18.3. The van der Waals surface area contributed by atoms with Gasteiger partial charge in [-0.3, -0.25) is 4.79 Å². The zero-order valence-corrected chi connectivity index (χ0v) is 18.3. The van der Waals surface area contributed by atoms with E-state index in [1.54, 1.807) is 11.0 Å². The molecule has 1 saturated heterocycles. The minimum atomic E-state index is -0.505. The standard InChI is InChI=1S/C25H29N3O3/c1-17-4-6-19(3)31-25(11-10-22(29)8-5-17)15-28(16-25)24(30)26-14-20-7-9-23-21(13-20)12-18(2)27-23/h4-9,12-13,27H,10-11,14-16H2,1-3H3,(H,26,30)/b8-5+,17-4+,19-6+. The number of ether oxygens (including phenoxy) is 1. The van der Waals surface area contributed by atoms with Gasteiger partial charge in [-0.15, -0.1) is 0 Å². The molecular formula is C25H29N3O3. The predicted molar refractivity (Wildman–Crippen MR) is 122 cm³/mol. The average molecular weight is 420 g/mol. The van der Waals surface area contributed by atoms with Crippen molar-refractivity contribution in [2.75, 3.05) is 13.1 Å². The lowest BCUT2D eigenvalue weighted by Gasteiger charge is -2.49. The van der Waals surface area contributed by atoms with Gasteiger partial charge in [0.05, 0.1) is 18.8 Å². The molecule has 1 aromatic heterocycles. The highest BCUT2D eigenvalue weighted by Gasteiger charge is 2.47. The summed E-state index contributed by atoms with van der Waals surface area (Å²) in [5.74, 6) is 0.867. The molecule has 0 unspecified atom stereocenters. The van der Waals surface area contributed by atoms with Crippen molar-refractivity contribution in [2.45, 2.75) is 45.8 Å². The van der Waals surface area contributed by atoms with E-state index in [2.05, 4.69) is 22.4 Å². The van der Waals surface area contributed by atoms with Crippen LogP contribution < -0.4 is 5.32 Å². The molecule has 0 atom stereocenters. The molecule has 2 aromatic rings. The number of nitrogens with zero attached hydrogens (tertiary/aromatic N) is 1. The fourth-order valence-corrected chi connectivity index (χ4v) is 4.13. The van der Waals surface area contributed by atoms with Crippen LogP contribution in [-0.4, -0.2) is 40.4 Å². The van der Waals surface area contributed by atoms with Crippen LogP contribution >= 0.6 is 0 Å². The summed E-state index contributed by atoms with van der Waals surface area (Å²) in [7, 11) is 0. The number of likely N-dealkylation sites (tertiary alicyclic amines) is 1. The first-order valence-corrected chi connectivity index (χ1v) is 10.7. The van der Waals surface area contributed by atoms with E-state index >= 15 is 0 Å². The number of H-pyrrole nitrogens is 1. The van der Waals surface area contributed by atoms with Gasteiger partial charge >= 0.3 is 6.03 Å². The van der Waals surface area contributed by atoms with Crippen LogP contribution in [0.25, 0.3) is 10.9 Å². The van der Waals surface area contributed by atoms with E-state index in [0.717, 1.165) is 33.5 Å². The molecule has 162 valence electrons. The van der Waals surface area contributed by atoms with Gasteiger partial charge in [-0.1, -0.05) is 23.8 Å². The van der Waals surface area contributed by atoms with Gasteiger partial charge in [-0.2, -0.15) is 0 Å². The Balaban J connectivity index is 1.37. The van der Waals surface area contributed by atoms with Crippen molar-refractivity contribution in [1.29, 1.82) is 0 Å². The molecule has 0 bridgehead atoms. The molecule has 6 heteroatoms. The summed E-state index contributed by atoms with van der Waals surface area (Å²) in [6.45, 7) is 7.31. The van der Waals surface area contributed by atoms with Gasteiger partial charge in [-0.05, 0) is 68.5 Å². The first kappa shape index (κ1) is 21.0. The van der Waals surface area contributed by atoms with E-state index < -0.39 is 5.60 Å². The van der Waals surface area contributed by atoms with Crippen molar-refractivity contribution in [3.05, 3.63) is 71.2 Å². The fraction of sp³-hybridized carbons (Fsp3) is 0.360. The second-order valence-electron chi connectivity index (χ2n) is 8.66. The molecule has 1 aromatic carbocycles. The number of benzene rings is 1. The van der Waals surface area contributed by atoms with Crippen molar-refractivity contribution in [3.63, 3.8) is 0 Å². The summed E-state index contributed by atoms with van der Waals surface area (Å²) >= 11 is 0. The number of hydrogen-bond donors (Lipinski definition) is 2. The lowest BCUT2D eigenvalue weighted by atomic mass is 9.87. The van der Waals surface area contributed by atoms with Crippen LogP contribution in [0, 0.1) is 6.92 Å². The normalized spacial score (nSPS) is 23.1. The second-order valence-corrected chi connectivity index (χ2v) is 8.66. The van der Waals surface area contributed by atoms with Gasteiger partial charge in [-0.25, -0.2) is 4.79 Å². The van der Waals surface area contributed by atoms with Gasteiger partial charge in [0.25, 0.3) is 0 Å². The summed E-state index contributed by atoms with van der Waals surface area (Å²) in [5, 5.41) is 4.14. The Morgan fingerprint density at radius 2 is 1.97 bits per heavy atom. The summed E-state index contributed by atoms with van der Waals surface area (Å²) in [6, 6.07) is 8.13. The summed E-state index contributed by atoms with van der Waals surface area (Å²) in [4.78, 5) is 29.9.